The lowest BCUT2D eigenvalue weighted by molar-refractivity contribution is -0.145. The molecule has 1 spiro atoms. The average molecular weight is 451 g/mol. The smallest absolute Gasteiger partial charge is 0.237 e. The van der Waals surface area contributed by atoms with Gasteiger partial charge in [-0.05, 0) is 18.1 Å². The number of Topliss-reactive ketones (excluding diaryl/α,β-unsaturated/α-hetero) is 2. The largest absolute Gasteiger partial charge is 0.349 e. The Balaban J connectivity index is 1.48. The maximum atomic E-state index is 13.8. The summed E-state index contributed by atoms with van der Waals surface area (Å²) in [6, 6.07) is 23.1. The van der Waals surface area contributed by atoms with Gasteiger partial charge in [0, 0.05) is 11.1 Å². The van der Waals surface area contributed by atoms with Crippen molar-refractivity contribution >= 4 is 23.4 Å². The monoisotopic (exact) mass is 451 g/mol. The molecule has 3 aromatic carbocycles. The van der Waals surface area contributed by atoms with Crippen molar-refractivity contribution in [1.29, 1.82) is 0 Å². The van der Waals surface area contributed by atoms with Gasteiger partial charge in [0.05, 0.1) is 24.5 Å². The number of aryl methyl sites for hydroxylation is 1. The molecule has 0 saturated carbocycles. The van der Waals surface area contributed by atoms with Gasteiger partial charge in [0.2, 0.25) is 29.0 Å². The van der Waals surface area contributed by atoms with E-state index < -0.39 is 46.9 Å². The Bertz CT molecular complexity index is 1330. The molecule has 168 valence electrons. The fourth-order valence-electron chi connectivity index (χ4n) is 5.55. The molecule has 3 atom stereocenters. The van der Waals surface area contributed by atoms with Crippen LogP contribution in [0.5, 0.6) is 0 Å². The van der Waals surface area contributed by atoms with Gasteiger partial charge >= 0.3 is 0 Å². The highest BCUT2D eigenvalue weighted by Gasteiger charge is 2.74. The van der Waals surface area contributed by atoms with Gasteiger partial charge in [-0.15, -0.1) is 0 Å². The van der Waals surface area contributed by atoms with E-state index in [1.165, 1.54) is 4.90 Å². The summed E-state index contributed by atoms with van der Waals surface area (Å²) in [6.45, 7) is 2.04. The number of rotatable bonds is 3. The first-order valence-electron chi connectivity index (χ1n) is 11.3. The van der Waals surface area contributed by atoms with E-state index in [2.05, 4.69) is 0 Å². The van der Waals surface area contributed by atoms with Crippen LogP contribution in [-0.4, -0.2) is 33.9 Å². The molecule has 0 aromatic heterocycles. The van der Waals surface area contributed by atoms with E-state index in [9.17, 15) is 19.2 Å². The number of hydrogen-bond acceptors (Lipinski definition) is 5. The van der Waals surface area contributed by atoms with Gasteiger partial charge in [-0.1, -0.05) is 84.4 Å². The van der Waals surface area contributed by atoms with Gasteiger partial charge in [-0.25, -0.2) is 0 Å². The summed E-state index contributed by atoms with van der Waals surface area (Å²) in [7, 11) is 0. The van der Waals surface area contributed by atoms with Crippen molar-refractivity contribution < 1.29 is 23.9 Å². The summed E-state index contributed by atoms with van der Waals surface area (Å²) < 4.78 is 6.26. The number of ether oxygens (including phenoxy) is 1. The summed E-state index contributed by atoms with van der Waals surface area (Å²) in [4.78, 5) is 56.0. The Morgan fingerprint density at radius 1 is 0.765 bits per heavy atom. The third-order valence-corrected chi connectivity index (χ3v) is 7.20. The van der Waals surface area contributed by atoms with Crippen LogP contribution in [0.25, 0.3) is 0 Å². The van der Waals surface area contributed by atoms with Crippen LogP contribution >= 0.6 is 0 Å². The van der Waals surface area contributed by atoms with Gasteiger partial charge in [0.1, 0.15) is 0 Å². The Kier molecular flexibility index (Phi) is 4.44. The van der Waals surface area contributed by atoms with Crippen molar-refractivity contribution in [3.05, 3.63) is 107 Å². The SMILES string of the molecule is Cc1ccc(CN2C(=O)[C@@H]3[C@@H](c4ccccc4)OC4(C(=O)c5ccccc5C4=O)[C@@H]3C2=O)cc1. The van der Waals surface area contributed by atoms with Crippen molar-refractivity contribution in [2.45, 2.75) is 25.2 Å². The van der Waals surface area contributed by atoms with E-state index in [0.717, 1.165) is 11.1 Å². The zero-order valence-electron chi connectivity index (χ0n) is 18.4. The summed E-state index contributed by atoms with van der Waals surface area (Å²) in [5.41, 5.74) is 0.963. The molecule has 2 heterocycles. The van der Waals surface area contributed by atoms with Gasteiger partial charge in [-0.3, -0.25) is 24.1 Å². The Labute approximate surface area is 196 Å². The average Bonchev–Trinajstić information content (AvgIpc) is 3.42. The number of likely N-dealkylation sites (tertiary alicyclic amines) is 1. The highest BCUT2D eigenvalue weighted by atomic mass is 16.5. The molecule has 3 aromatic rings. The molecule has 2 fully saturated rings. The molecule has 6 rings (SSSR count). The Morgan fingerprint density at radius 2 is 1.35 bits per heavy atom. The van der Waals surface area contributed by atoms with E-state index in [4.69, 9.17) is 4.74 Å². The van der Waals surface area contributed by atoms with Gasteiger partial charge in [0.15, 0.2) is 0 Å². The predicted molar refractivity (Wildman–Crippen MR) is 122 cm³/mol. The second-order valence-corrected chi connectivity index (χ2v) is 9.14. The fourth-order valence-corrected chi connectivity index (χ4v) is 5.55. The van der Waals surface area contributed by atoms with Crippen LogP contribution in [-0.2, 0) is 20.9 Å². The van der Waals surface area contributed by atoms with Crippen molar-refractivity contribution in [3.8, 4) is 0 Å². The fraction of sp³-hybridized carbons (Fsp3) is 0.214. The molecule has 2 saturated heterocycles. The van der Waals surface area contributed by atoms with Crippen molar-refractivity contribution in [3.63, 3.8) is 0 Å². The third-order valence-electron chi connectivity index (χ3n) is 7.20. The first kappa shape index (κ1) is 20.7. The van der Waals surface area contributed by atoms with Crippen LogP contribution in [0.4, 0.5) is 0 Å². The number of carbonyl (C=O) groups excluding carboxylic acids is 4. The highest BCUT2D eigenvalue weighted by molar-refractivity contribution is 6.35. The van der Waals surface area contributed by atoms with Crippen LogP contribution in [0.3, 0.4) is 0 Å². The number of hydrogen-bond donors (Lipinski definition) is 0. The lowest BCUT2D eigenvalue weighted by atomic mass is 9.77. The van der Waals surface area contributed by atoms with Crippen LogP contribution in [0, 0.1) is 18.8 Å². The van der Waals surface area contributed by atoms with Crippen LogP contribution in [0.1, 0.15) is 43.5 Å². The first-order chi connectivity index (χ1) is 16.4. The summed E-state index contributed by atoms with van der Waals surface area (Å²) in [6.07, 6.45) is -0.882. The lowest BCUT2D eigenvalue weighted by Crippen LogP contribution is -2.50. The van der Waals surface area contributed by atoms with Crippen LogP contribution < -0.4 is 0 Å². The minimum absolute atomic E-state index is 0.0812. The third kappa shape index (κ3) is 2.66. The molecular weight excluding hydrogens is 430 g/mol. The summed E-state index contributed by atoms with van der Waals surface area (Å²) in [5, 5.41) is 0. The second-order valence-electron chi connectivity index (χ2n) is 9.14. The number of nitrogens with zero attached hydrogens (tertiary/aromatic N) is 1. The zero-order valence-corrected chi connectivity index (χ0v) is 18.4. The number of imide groups is 1. The van der Waals surface area contributed by atoms with E-state index >= 15 is 0 Å². The Morgan fingerprint density at radius 3 is 1.97 bits per heavy atom. The number of ketones is 2. The maximum Gasteiger partial charge on any atom is 0.237 e. The molecule has 6 heteroatoms. The molecular formula is C28H21NO5. The number of fused-ring (bicyclic) bond motifs is 3. The Hall–Kier alpha value is -3.90. The summed E-state index contributed by atoms with van der Waals surface area (Å²) >= 11 is 0. The van der Waals surface area contributed by atoms with Gasteiger partial charge < -0.3 is 4.74 Å². The van der Waals surface area contributed by atoms with Crippen molar-refractivity contribution in [2.24, 2.45) is 11.8 Å². The highest BCUT2D eigenvalue weighted by Crippen LogP contribution is 2.57. The molecule has 1 aliphatic carbocycles. The molecule has 2 aliphatic heterocycles. The number of carbonyl (C=O) groups is 4. The number of amides is 2. The zero-order chi connectivity index (χ0) is 23.6. The summed E-state index contributed by atoms with van der Waals surface area (Å²) in [5.74, 6) is -4.20. The minimum Gasteiger partial charge on any atom is -0.349 e. The van der Waals surface area contributed by atoms with E-state index in [1.54, 1.807) is 48.5 Å². The lowest BCUT2D eigenvalue weighted by Gasteiger charge is -2.27. The van der Waals surface area contributed by atoms with Crippen LogP contribution in [0.2, 0.25) is 0 Å². The molecule has 2 amide bonds. The molecule has 6 nitrogen and oxygen atoms in total. The quantitative estimate of drug-likeness (QED) is 0.448. The molecule has 0 unspecified atom stereocenters. The molecule has 3 aliphatic rings. The van der Waals surface area contributed by atoms with Gasteiger partial charge in [-0.2, -0.15) is 0 Å². The van der Waals surface area contributed by atoms with Gasteiger partial charge in [0.25, 0.3) is 0 Å². The van der Waals surface area contributed by atoms with Crippen molar-refractivity contribution in [1.82, 2.24) is 4.90 Å². The standard InChI is InChI=1S/C28H21NO5/c1-16-11-13-17(14-12-16)15-29-26(32)21-22(27(29)33)28(34-23(21)18-7-3-2-4-8-18)24(30)19-9-5-6-10-20(19)25(28)31/h2-14,21-23H,15H2,1H3/t21-,22-,23+/m0/s1. The normalized spacial score (nSPS) is 24.7. The molecule has 0 radical (unpaired) electrons. The van der Waals surface area contributed by atoms with Crippen LogP contribution in [0.15, 0.2) is 78.9 Å². The van der Waals surface area contributed by atoms with E-state index in [0.29, 0.717) is 5.56 Å². The topological polar surface area (TPSA) is 80.8 Å². The molecule has 34 heavy (non-hydrogen) atoms. The van der Waals surface area contributed by atoms with E-state index in [-0.39, 0.29) is 17.7 Å². The number of benzene rings is 3. The molecule has 0 bridgehead atoms. The molecule has 0 N–H and O–H groups in total. The minimum atomic E-state index is -2.02. The predicted octanol–water partition coefficient (Wildman–Crippen LogP) is 3.69. The first-order valence-corrected chi connectivity index (χ1v) is 11.3. The van der Waals surface area contributed by atoms with E-state index in [1.807, 2.05) is 37.3 Å². The van der Waals surface area contributed by atoms with Crippen molar-refractivity contribution in [2.75, 3.05) is 0 Å². The second kappa shape index (κ2) is 7.30. The maximum absolute atomic E-state index is 13.8.